The summed E-state index contributed by atoms with van der Waals surface area (Å²) in [5.74, 6) is 6.09. The Bertz CT molecular complexity index is 558. The summed E-state index contributed by atoms with van der Waals surface area (Å²) in [6.07, 6.45) is 0. The Hall–Kier alpha value is -1.85. The van der Waals surface area contributed by atoms with Crippen LogP contribution in [-0.2, 0) is 0 Å². The van der Waals surface area contributed by atoms with Crippen molar-refractivity contribution in [2.24, 2.45) is 0 Å². The first-order chi connectivity index (χ1) is 7.34. The van der Waals surface area contributed by atoms with Crippen LogP contribution in [0, 0.1) is 16.5 Å². The van der Waals surface area contributed by atoms with Crippen molar-refractivity contribution in [1.82, 2.24) is 4.98 Å². The van der Waals surface area contributed by atoms with E-state index in [9.17, 15) is 0 Å². The molecule has 0 saturated heterocycles. The minimum absolute atomic E-state index is 0.704. The van der Waals surface area contributed by atoms with Gasteiger partial charge in [-0.25, -0.2) is 0 Å². The molecule has 0 unspecified atom stereocenters. The summed E-state index contributed by atoms with van der Waals surface area (Å²) in [5.41, 5.74) is 1.84. The molecule has 0 saturated carbocycles. The third-order valence-electron chi connectivity index (χ3n) is 1.88. The maximum Gasteiger partial charge on any atom is 0.104 e. The van der Waals surface area contributed by atoms with Crippen molar-refractivity contribution in [2.75, 3.05) is 0 Å². The van der Waals surface area contributed by atoms with Gasteiger partial charge in [-0.2, -0.15) is 0 Å². The molecule has 1 aromatic carbocycles. The van der Waals surface area contributed by atoms with E-state index in [0.717, 1.165) is 11.3 Å². The lowest BCUT2D eigenvalue weighted by Crippen LogP contribution is -1.81. The van der Waals surface area contributed by atoms with Crippen LogP contribution in [0.15, 0.2) is 48.5 Å². The first kappa shape index (κ1) is 9.70. The molecule has 2 aromatic rings. The lowest BCUT2D eigenvalue weighted by Gasteiger charge is -1.90. The largest absolute Gasteiger partial charge is 0.340 e. The van der Waals surface area contributed by atoms with E-state index >= 15 is 0 Å². The fourth-order valence-corrected chi connectivity index (χ4v) is 1.37. The van der Waals surface area contributed by atoms with Crippen molar-refractivity contribution in [3.63, 3.8) is 0 Å². The van der Waals surface area contributed by atoms with Gasteiger partial charge >= 0.3 is 0 Å². The van der Waals surface area contributed by atoms with E-state index in [2.05, 4.69) is 16.8 Å². The molecule has 0 spiro atoms. The highest BCUT2D eigenvalue weighted by molar-refractivity contribution is 7.71. The molecule has 1 nitrogen and oxygen atoms in total. The van der Waals surface area contributed by atoms with Crippen LogP contribution in [-0.4, -0.2) is 4.98 Å². The SMILES string of the molecule is S=c1cccc(C#Cc2ccccc2)[nH]1. The number of benzene rings is 1. The number of aromatic nitrogens is 1. The standard InChI is InChI=1S/C13H9NS/c15-13-8-4-7-12(14-13)10-9-11-5-2-1-3-6-11/h1-8H,(H,14,15). The van der Waals surface area contributed by atoms with Crippen LogP contribution in [0.1, 0.15) is 11.3 Å². The van der Waals surface area contributed by atoms with Gasteiger partial charge in [0.05, 0.1) is 5.69 Å². The summed E-state index contributed by atoms with van der Waals surface area (Å²) in [6, 6.07) is 15.5. The van der Waals surface area contributed by atoms with Crippen molar-refractivity contribution >= 4 is 12.2 Å². The number of pyridine rings is 1. The first-order valence-corrected chi connectivity index (χ1v) is 5.02. The smallest absolute Gasteiger partial charge is 0.104 e. The first-order valence-electron chi connectivity index (χ1n) is 4.61. The van der Waals surface area contributed by atoms with Gasteiger partial charge in [0.1, 0.15) is 4.64 Å². The van der Waals surface area contributed by atoms with Crippen LogP contribution in [0.2, 0.25) is 0 Å². The van der Waals surface area contributed by atoms with Gasteiger partial charge in [0.15, 0.2) is 0 Å². The van der Waals surface area contributed by atoms with Crippen molar-refractivity contribution in [3.05, 3.63) is 64.4 Å². The molecule has 0 amide bonds. The second-order valence-corrected chi connectivity index (χ2v) is 3.48. The second-order valence-electron chi connectivity index (χ2n) is 3.04. The average Bonchev–Trinajstić information content (AvgIpc) is 2.28. The van der Waals surface area contributed by atoms with Gasteiger partial charge < -0.3 is 4.98 Å². The number of aromatic amines is 1. The maximum absolute atomic E-state index is 5.01. The molecular formula is C13H9NS. The van der Waals surface area contributed by atoms with Gasteiger partial charge in [-0.05, 0) is 30.2 Å². The van der Waals surface area contributed by atoms with E-state index in [1.807, 2.05) is 48.5 Å². The van der Waals surface area contributed by atoms with Crippen LogP contribution in [0.3, 0.4) is 0 Å². The van der Waals surface area contributed by atoms with Crippen molar-refractivity contribution in [3.8, 4) is 11.8 Å². The van der Waals surface area contributed by atoms with E-state index in [1.54, 1.807) is 0 Å². The number of nitrogens with one attached hydrogen (secondary N) is 1. The molecule has 1 aromatic heterocycles. The molecule has 2 heteroatoms. The third-order valence-corrected chi connectivity index (χ3v) is 2.12. The van der Waals surface area contributed by atoms with Crippen molar-refractivity contribution < 1.29 is 0 Å². The molecule has 0 atom stereocenters. The number of H-pyrrole nitrogens is 1. The fourth-order valence-electron chi connectivity index (χ4n) is 1.18. The quantitative estimate of drug-likeness (QED) is 0.523. The highest BCUT2D eigenvalue weighted by Gasteiger charge is 1.85. The Labute approximate surface area is 93.8 Å². The molecule has 0 aliphatic heterocycles. The van der Waals surface area contributed by atoms with Gasteiger partial charge in [0.2, 0.25) is 0 Å². The Morgan fingerprint density at radius 1 is 0.867 bits per heavy atom. The van der Waals surface area contributed by atoms with E-state index in [1.165, 1.54) is 0 Å². The molecular weight excluding hydrogens is 202 g/mol. The van der Waals surface area contributed by atoms with E-state index in [4.69, 9.17) is 12.2 Å². The summed E-state index contributed by atoms with van der Waals surface area (Å²) >= 11 is 5.01. The Morgan fingerprint density at radius 2 is 1.67 bits per heavy atom. The van der Waals surface area contributed by atoms with E-state index in [0.29, 0.717) is 4.64 Å². The molecule has 0 bridgehead atoms. The highest BCUT2D eigenvalue weighted by Crippen LogP contribution is 1.97. The van der Waals surface area contributed by atoms with Gasteiger partial charge in [-0.15, -0.1) is 0 Å². The predicted molar refractivity (Wildman–Crippen MR) is 64.0 cm³/mol. The average molecular weight is 211 g/mol. The van der Waals surface area contributed by atoms with Gasteiger partial charge in [0, 0.05) is 5.56 Å². The Balaban J connectivity index is 2.30. The third kappa shape index (κ3) is 2.80. The molecule has 0 aliphatic rings. The molecule has 1 heterocycles. The highest BCUT2D eigenvalue weighted by atomic mass is 32.1. The van der Waals surface area contributed by atoms with Gasteiger partial charge in [-0.1, -0.05) is 42.4 Å². The number of hydrogen-bond donors (Lipinski definition) is 1. The van der Waals surface area contributed by atoms with Crippen LogP contribution in [0.5, 0.6) is 0 Å². The van der Waals surface area contributed by atoms with Crippen LogP contribution in [0.4, 0.5) is 0 Å². The molecule has 1 N–H and O–H groups in total. The van der Waals surface area contributed by atoms with Crippen LogP contribution >= 0.6 is 12.2 Å². The molecule has 0 fully saturated rings. The monoisotopic (exact) mass is 211 g/mol. The van der Waals surface area contributed by atoms with Crippen LogP contribution in [0.25, 0.3) is 0 Å². The lowest BCUT2D eigenvalue weighted by molar-refractivity contribution is 1.26. The normalized spacial score (nSPS) is 9.07. The minimum Gasteiger partial charge on any atom is -0.340 e. The Kier molecular flexibility index (Phi) is 2.96. The molecule has 0 aliphatic carbocycles. The zero-order valence-electron chi connectivity index (χ0n) is 8.03. The topological polar surface area (TPSA) is 15.8 Å². The van der Waals surface area contributed by atoms with Crippen molar-refractivity contribution in [2.45, 2.75) is 0 Å². The summed E-state index contributed by atoms with van der Waals surface area (Å²) < 4.78 is 0.704. The van der Waals surface area contributed by atoms with Gasteiger partial charge in [-0.3, -0.25) is 0 Å². The molecule has 15 heavy (non-hydrogen) atoms. The molecule has 72 valence electrons. The van der Waals surface area contributed by atoms with E-state index in [-0.39, 0.29) is 0 Å². The fraction of sp³-hybridized carbons (Fsp3) is 0. The second kappa shape index (κ2) is 4.59. The van der Waals surface area contributed by atoms with Crippen molar-refractivity contribution in [1.29, 1.82) is 0 Å². The lowest BCUT2D eigenvalue weighted by atomic mass is 10.2. The molecule has 2 rings (SSSR count). The van der Waals surface area contributed by atoms with Gasteiger partial charge in [0.25, 0.3) is 0 Å². The zero-order chi connectivity index (χ0) is 10.5. The summed E-state index contributed by atoms with van der Waals surface area (Å²) in [5, 5.41) is 0. The molecule has 0 radical (unpaired) electrons. The summed E-state index contributed by atoms with van der Waals surface area (Å²) in [4.78, 5) is 3.02. The minimum atomic E-state index is 0.704. The van der Waals surface area contributed by atoms with E-state index < -0.39 is 0 Å². The Morgan fingerprint density at radius 3 is 2.40 bits per heavy atom. The van der Waals surface area contributed by atoms with Crippen LogP contribution < -0.4 is 0 Å². The summed E-state index contributed by atoms with van der Waals surface area (Å²) in [6.45, 7) is 0. The number of hydrogen-bond acceptors (Lipinski definition) is 1. The predicted octanol–water partition coefficient (Wildman–Crippen LogP) is 3.14. The number of rotatable bonds is 0. The maximum atomic E-state index is 5.01. The zero-order valence-corrected chi connectivity index (χ0v) is 8.84. The summed E-state index contributed by atoms with van der Waals surface area (Å²) in [7, 11) is 0.